The second-order valence-corrected chi connectivity index (χ2v) is 3.95. The molecule has 0 unspecified atom stereocenters. The highest BCUT2D eigenvalue weighted by atomic mass is 16.2. The van der Waals surface area contributed by atoms with E-state index in [4.69, 9.17) is 0 Å². The van der Waals surface area contributed by atoms with Crippen molar-refractivity contribution in [1.82, 2.24) is 15.2 Å². The number of carbonyl (C=O) groups excluding carboxylic acids is 1. The number of aryl methyl sites for hydroxylation is 1. The number of hydrogen-bond donors (Lipinski definition) is 2. The molecule has 0 saturated carbocycles. The van der Waals surface area contributed by atoms with Crippen molar-refractivity contribution < 1.29 is 4.79 Å². The van der Waals surface area contributed by atoms with Gasteiger partial charge in [-0.25, -0.2) is 0 Å². The Labute approximate surface area is 89.7 Å². The van der Waals surface area contributed by atoms with Crippen LogP contribution in [0.3, 0.4) is 0 Å². The fourth-order valence-corrected chi connectivity index (χ4v) is 1.89. The van der Waals surface area contributed by atoms with Gasteiger partial charge in [-0.3, -0.25) is 4.79 Å². The van der Waals surface area contributed by atoms with Crippen molar-refractivity contribution in [3.8, 4) is 0 Å². The third kappa shape index (κ3) is 2.21. The van der Waals surface area contributed by atoms with Crippen LogP contribution in [0.4, 0.5) is 0 Å². The van der Waals surface area contributed by atoms with Crippen molar-refractivity contribution in [3.63, 3.8) is 0 Å². The molecule has 1 aliphatic heterocycles. The molecular weight excluding hydrogens is 190 g/mol. The van der Waals surface area contributed by atoms with Gasteiger partial charge in [-0.15, -0.1) is 0 Å². The van der Waals surface area contributed by atoms with Crippen molar-refractivity contribution in [1.29, 1.82) is 0 Å². The number of amides is 1. The first-order valence-corrected chi connectivity index (χ1v) is 5.42. The van der Waals surface area contributed by atoms with Crippen LogP contribution < -0.4 is 5.32 Å². The summed E-state index contributed by atoms with van der Waals surface area (Å²) in [4.78, 5) is 17.0. The molecule has 0 spiro atoms. The van der Waals surface area contributed by atoms with E-state index in [-0.39, 0.29) is 5.91 Å². The Morgan fingerprint density at radius 2 is 2.20 bits per heavy atom. The van der Waals surface area contributed by atoms with Crippen molar-refractivity contribution in [2.45, 2.75) is 13.3 Å². The molecule has 1 fully saturated rings. The van der Waals surface area contributed by atoms with Gasteiger partial charge in [0, 0.05) is 32.0 Å². The fourth-order valence-electron chi connectivity index (χ4n) is 1.89. The average molecular weight is 207 g/mol. The number of aromatic amines is 1. The predicted molar refractivity (Wildman–Crippen MR) is 58.9 cm³/mol. The van der Waals surface area contributed by atoms with E-state index in [9.17, 15) is 4.79 Å². The molecule has 2 rings (SSSR count). The van der Waals surface area contributed by atoms with Gasteiger partial charge in [0.15, 0.2) is 0 Å². The lowest BCUT2D eigenvalue weighted by Gasteiger charge is -2.19. The second-order valence-electron chi connectivity index (χ2n) is 3.95. The molecule has 1 aromatic rings. The van der Waals surface area contributed by atoms with Gasteiger partial charge in [0.25, 0.3) is 5.91 Å². The van der Waals surface area contributed by atoms with Gasteiger partial charge in [-0.2, -0.15) is 0 Å². The normalized spacial score (nSPS) is 17.5. The molecule has 1 amide bonds. The van der Waals surface area contributed by atoms with Gasteiger partial charge < -0.3 is 15.2 Å². The largest absolute Gasteiger partial charge is 0.367 e. The van der Waals surface area contributed by atoms with Crippen molar-refractivity contribution in [2.24, 2.45) is 0 Å². The van der Waals surface area contributed by atoms with E-state index in [2.05, 4.69) is 10.3 Å². The summed E-state index contributed by atoms with van der Waals surface area (Å²) in [5.74, 6) is 0.150. The van der Waals surface area contributed by atoms with Crippen LogP contribution in [0.5, 0.6) is 0 Å². The Morgan fingerprint density at radius 3 is 2.93 bits per heavy atom. The van der Waals surface area contributed by atoms with Crippen LogP contribution in [0.1, 0.15) is 22.3 Å². The lowest BCUT2D eigenvalue weighted by Crippen LogP contribution is -2.34. The molecular formula is C11H17N3O. The highest BCUT2D eigenvalue weighted by molar-refractivity contribution is 5.95. The summed E-state index contributed by atoms with van der Waals surface area (Å²) in [5, 5.41) is 3.29. The topological polar surface area (TPSA) is 48.1 Å². The summed E-state index contributed by atoms with van der Waals surface area (Å²) in [5.41, 5.74) is 1.83. The van der Waals surface area contributed by atoms with Gasteiger partial charge in [-0.05, 0) is 25.5 Å². The molecule has 1 aromatic heterocycles. The molecule has 4 nitrogen and oxygen atoms in total. The zero-order valence-electron chi connectivity index (χ0n) is 9.05. The van der Waals surface area contributed by atoms with E-state index < -0.39 is 0 Å². The summed E-state index contributed by atoms with van der Waals surface area (Å²) in [6, 6.07) is 0. The molecule has 0 radical (unpaired) electrons. The third-order valence-corrected chi connectivity index (χ3v) is 2.81. The van der Waals surface area contributed by atoms with E-state index in [1.165, 1.54) is 0 Å². The maximum absolute atomic E-state index is 12.1. The molecule has 15 heavy (non-hydrogen) atoms. The number of aromatic nitrogens is 1. The number of nitrogens with zero attached hydrogens (tertiary/aromatic N) is 1. The Morgan fingerprint density at radius 1 is 1.33 bits per heavy atom. The minimum Gasteiger partial charge on any atom is -0.367 e. The quantitative estimate of drug-likeness (QED) is 0.714. The summed E-state index contributed by atoms with van der Waals surface area (Å²) in [7, 11) is 0. The molecule has 1 aliphatic rings. The van der Waals surface area contributed by atoms with Gasteiger partial charge >= 0.3 is 0 Å². The SMILES string of the molecule is Cc1c[nH]cc1C(=O)N1CCCNCC1. The number of carbonyl (C=O) groups is 1. The smallest absolute Gasteiger partial charge is 0.255 e. The van der Waals surface area contributed by atoms with Gasteiger partial charge in [0.1, 0.15) is 0 Å². The zero-order valence-corrected chi connectivity index (χ0v) is 9.05. The summed E-state index contributed by atoms with van der Waals surface area (Å²) < 4.78 is 0. The van der Waals surface area contributed by atoms with Crippen LogP contribution in [-0.4, -0.2) is 42.0 Å². The first-order chi connectivity index (χ1) is 7.29. The molecule has 0 aliphatic carbocycles. The van der Waals surface area contributed by atoms with E-state index in [0.29, 0.717) is 0 Å². The second kappa shape index (κ2) is 4.49. The van der Waals surface area contributed by atoms with Crippen molar-refractivity contribution in [3.05, 3.63) is 23.5 Å². The number of H-pyrrole nitrogens is 1. The molecule has 2 heterocycles. The minimum atomic E-state index is 0.150. The van der Waals surface area contributed by atoms with Crippen LogP contribution in [-0.2, 0) is 0 Å². The van der Waals surface area contributed by atoms with Crippen LogP contribution in [0.25, 0.3) is 0 Å². The Kier molecular flexibility index (Phi) is 3.06. The van der Waals surface area contributed by atoms with Crippen LogP contribution in [0, 0.1) is 6.92 Å². The fraction of sp³-hybridized carbons (Fsp3) is 0.545. The monoisotopic (exact) mass is 207 g/mol. The maximum Gasteiger partial charge on any atom is 0.255 e. The first kappa shape index (κ1) is 10.2. The van der Waals surface area contributed by atoms with Gasteiger partial charge in [0.2, 0.25) is 0 Å². The lowest BCUT2D eigenvalue weighted by molar-refractivity contribution is 0.0766. The van der Waals surface area contributed by atoms with Gasteiger partial charge in [-0.1, -0.05) is 0 Å². The van der Waals surface area contributed by atoms with Gasteiger partial charge in [0.05, 0.1) is 5.56 Å². The predicted octanol–water partition coefficient (Wildman–Crippen LogP) is 0.759. The molecule has 1 saturated heterocycles. The molecule has 0 aromatic carbocycles. The molecule has 4 heteroatoms. The van der Waals surface area contributed by atoms with Crippen LogP contribution in [0.15, 0.2) is 12.4 Å². The van der Waals surface area contributed by atoms with E-state index in [0.717, 1.165) is 43.7 Å². The van der Waals surface area contributed by atoms with Crippen LogP contribution >= 0.6 is 0 Å². The average Bonchev–Trinajstić information content (AvgIpc) is 2.53. The third-order valence-electron chi connectivity index (χ3n) is 2.81. The van der Waals surface area contributed by atoms with Crippen molar-refractivity contribution >= 4 is 5.91 Å². The summed E-state index contributed by atoms with van der Waals surface area (Å²) in [6.07, 6.45) is 4.69. The Hall–Kier alpha value is -1.29. The number of hydrogen-bond acceptors (Lipinski definition) is 2. The van der Waals surface area contributed by atoms with Crippen molar-refractivity contribution in [2.75, 3.05) is 26.2 Å². The Balaban J connectivity index is 2.09. The van der Waals surface area contributed by atoms with Crippen LogP contribution in [0.2, 0.25) is 0 Å². The highest BCUT2D eigenvalue weighted by Gasteiger charge is 2.18. The zero-order chi connectivity index (χ0) is 10.7. The first-order valence-electron chi connectivity index (χ1n) is 5.42. The molecule has 82 valence electrons. The molecule has 0 bridgehead atoms. The minimum absolute atomic E-state index is 0.150. The molecule has 0 atom stereocenters. The standard InChI is InChI=1S/C11H17N3O/c1-9-7-13-8-10(9)11(15)14-5-2-3-12-4-6-14/h7-8,12-13H,2-6H2,1H3. The lowest BCUT2D eigenvalue weighted by atomic mass is 10.2. The number of rotatable bonds is 1. The maximum atomic E-state index is 12.1. The van der Waals surface area contributed by atoms with E-state index in [1.807, 2.05) is 18.0 Å². The number of nitrogens with one attached hydrogen (secondary N) is 2. The Bertz CT molecular complexity index is 337. The van der Waals surface area contributed by atoms with E-state index in [1.54, 1.807) is 6.20 Å². The summed E-state index contributed by atoms with van der Waals surface area (Å²) >= 11 is 0. The summed E-state index contributed by atoms with van der Waals surface area (Å²) in [6.45, 7) is 5.53. The van der Waals surface area contributed by atoms with E-state index >= 15 is 0 Å². The highest BCUT2D eigenvalue weighted by Crippen LogP contribution is 2.10. The molecule has 2 N–H and O–H groups in total.